The van der Waals surface area contributed by atoms with Crippen molar-refractivity contribution in [2.75, 3.05) is 0 Å². The molecule has 2 rings (SSSR count). The zero-order valence-electron chi connectivity index (χ0n) is 14.1. The van der Waals surface area contributed by atoms with Crippen LogP contribution in [0.5, 0.6) is 0 Å². The van der Waals surface area contributed by atoms with Crippen molar-refractivity contribution >= 4 is 5.78 Å². The van der Waals surface area contributed by atoms with E-state index >= 15 is 0 Å². The minimum Gasteiger partial charge on any atom is -0.299 e. The summed E-state index contributed by atoms with van der Waals surface area (Å²) in [4.78, 5) is 12.2. The van der Waals surface area contributed by atoms with E-state index in [1.54, 1.807) is 0 Å². The summed E-state index contributed by atoms with van der Waals surface area (Å²) in [5.41, 5.74) is 2.88. The SMILES string of the molecule is CCCC1CCC(=O)C(Cc2ccc(C(C)(C)C)cc2)C1. The van der Waals surface area contributed by atoms with Gasteiger partial charge in [0.2, 0.25) is 0 Å². The van der Waals surface area contributed by atoms with Gasteiger partial charge in [-0.15, -0.1) is 0 Å². The molecule has 0 N–H and O–H groups in total. The predicted octanol–water partition coefficient (Wildman–Crippen LogP) is 5.31. The molecule has 0 radical (unpaired) electrons. The number of hydrogen-bond donors (Lipinski definition) is 0. The van der Waals surface area contributed by atoms with Gasteiger partial charge in [0.05, 0.1) is 0 Å². The van der Waals surface area contributed by atoms with Gasteiger partial charge in [-0.05, 0) is 41.7 Å². The molecule has 1 heteroatoms. The topological polar surface area (TPSA) is 17.1 Å². The van der Waals surface area contributed by atoms with Crippen LogP contribution in [-0.2, 0) is 16.6 Å². The van der Waals surface area contributed by atoms with Gasteiger partial charge in [-0.1, -0.05) is 64.8 Å². The fourth-order valence-corrected chi connectivity index (χ4v) is 3.50. The van der Waals surface area contributed by atoms with Crippen LogP contribution in [0, 0.1) is 11.8 Å². The van der Waals surface area contributed by atoms with Gasteiger partial charge in [-0.3, -0.25) is 4.79 Å². The lowest BCUT2D eigenvalue weighted by atomic mass is 9.76. The zero-order valence-corrected chi connectivity index (χ0v) is 14.1. The van der Waals surface area contributed by atoms with E-state index in [0.29, 0.717) is 5.78 Å². The molecular weight excluding hydrogens is 256 g/mol. The number of carbonyl (C=O) groups excluding carboxylic acids is 1. The van der Waals surface area contributed by atoms with Gasteiger partial charge in [0.1, 0.15) is 5.78 Å². The number of carbonyl (C=O) groups is 1. The highest BCUT2D eigenvalue weighted by atomic mass is 16.1. The number of hydrogen-bond acceptors (Lipinski definition) is 1. The summed E-state index contributed by atoms with van der Waals surface area (Å²) in [7, 11) is 0. The first-order valence-corrected chi connectivity index (χ1v) is 8.52. The van der Waals surface area contributed by atoms with Crippen LogP contribution in [0.3, 0.4) is 0 Å². The first-order chi connectivity index (χ1) is 9.90. The van der Waals surface area contributed by atoms with Crippen molar-refractivity contribution in [3.63, 3.8) is 0 Å². The van der Waals surface area contributed by atoms with Crippen molar-refractivity contribution in [2.24, 2.45) is 11.8 Å². The third-order valence-corrected chi connectivity index (χ3v) is 4.87. The van der Waals surface area contributed by atoms with Crippen molar-refractivity contribution < 1.29 is 4.79 Å². The Hall–Kier alpha value is -1.11. The van der Waals surface area contributed by atoms with Crippen LogP contribution in [0.15, 0.2) is 24.3 Å². The quantitative estimate of drug-likeness (QED) is 0.733. The maximum atomic E-state index is 12.2. The van der Waals surface area contributed by atoms with Gasteiger partial charge in [0.15, 0.2) is 0 Å². The van der Waals surface area contributed by atoms with E-state index in [4.69, 9.17) is 0 Å². The van der Waals surface area contributed by atoms with E-state index in [2.05, 4.69) is 52.0 Å². The minimum absolute atomic E-state index is 0.200. The molecule has 1 aromatic rings. The van der Waals surface area contributed by atoms with E-state index in [0.717, 1.165) is 31.6 Å². The molecule has 0 spiro atoms. The fourth-order valence-electron chi connectivity index (χ4n) is 3.50. The largest absolute Gasteiger partial charge is 0.299 e. The molecule has 2 atom stereocenters. The highest BCUT2D eigenvalue weighted by Gasteiger charge is 2.28. The Morgan fingerprint density at radius 3 is 2.38 bits per heavy atom. The normalized spacial score (nSPS) is 23.3. The van der Waals surface area contributed by atoms with Crippen LogP contribution in [0.25, 0.3) is 0 Å². The van der Waals surface area contributed by atoms with Crippen LogP contribution in [-0.4, -0.2) is 5.78 Å². The molecule has 1 aliphatic rings. The number of benzene rings is 1. The van der Waals surface area contributed by atoms with Crippen LogP contribution in [0.1, 0.15) is 70.9 Å². The van der Waals surface area contributed by atoms with Crippen molar-refractivity contribution in [3.8, 4) is 0 Å². The highest BCUT2D eigenvalue weighted by Crippen LogP contribution is 2.32. The lowest BCUT2D eigenvalue weighted by Gasteiger charge is -2.28. The second kappa shape index (κ2) is 6.77. The summed E-state index contributed by atoms with van der Waals surface area (Å²) in [6.45, 7) is 8.96. The summed E-state index contributed by atoms with van der Waals surface area (Å²) >= 11 is 0. The Morgan fingerprint density at radius 2 is 1.81 bits per heavy atom. The average Bonchev–Trinajstić information content (AvgIpc) is 2.42. The van der Waals surface area contributed by atoms with Gasteiger partial charge in [0.25, 0.3) is 0 Å². The van der Waals surface area contributed by atoms with Gasteiger partial charge in [-0.25, -0.2) is 0 Å². The molecular formula is C20H30O. The van der Waals surface area contributed by atoms with Crippen LogP contribution < -0.4 is 0 Å². The number of ketones is 1. The van der Waals surface area contributed by atoms with Crippen LogP contribution >= 0.6 is 0 Å². The van der Waals surface area contributed by atoms with Crippen molar-refractivity contribution in [2.45, 2.75) is 71.6 Å². The van der Waals surface area contributed by atoms with Gasteiger partial charge >= 0.3 is 0 Å². The molecule has 116 valence electrons. The zero-order chi connectivity index (χ0) is 15.5. The van der Waals surface area contributed by atoms with Crippen molar-refractivity contribution in [1.29, 1.82) is 0 Å². The molecule has 0 bridgehead atoms. The van der Waals surface area contributed by atoms with E-state index in [1.807, 2.05) is 0 Å². The summed E-state index contributed by atoms with van der Waals surface area (Å²) < 4.78 is 0. The third kappa shape index (κ3) is 4.43. The molecule has 21 heavy (non-hydrogen) atoms. The first kappa shape index (κ1) is 16.3. The molecule has 1 aliphatic carbocycles. The maximum absolute atomic E-state index is 12.2. The summed E-state index contributed by atoms with van der Waals surface area (Å²) in [5.74, 6) is 1.52. The molecule has 0 saturated heterocycles. The standard InChI is InChI=1S/C20H30O/c1-5-6-15-9-12-19(21)17(13-15)14-16-7-10-18(11-8-16)20(2,3)4/h7-8,10-11,15,17H,5-6,9,12-14H2,1-4H3. The smallest absolute Gasteiger partial charge is 0.136 e. The lowest BCUT2D eigenvalue weighted by molar-refractivity contribution is -0.125. The Labute approximate surface area is 130 Å². The molecule has 0 aliphatic heterocycles. The molecule has 1 aromatic carbocycles. The second-order valence-electron chi connectivity index (χ2n) is 7.74. The molecule has 1 nitrogen and oxygen atoms in total. The monoisotopic (exact) mass is 286 g/mol. The molecule has 0 heterocycles. The van der Waals surface area contributed by atoms with Crippen LogP contribution in [0.2, 0.25) is 0 Å². The molecule has 2 unspecified atom stereocenters. The van der Waals surface area contributed by atoms with Crippen LogP contribution in [0.4, 0.5) is 0 Å². The third-order valence-electron chi connectivity index (χ3n) is 4.87. The van der Waals surface area contributed by atoms with E-state index in [9.17, 15) is 4.79 Å². The fraction of sp³-hybridized carbons (Fsp3) is 0.650. The molecule has 1 saturated carbocycles. The van der Waals surface area contributed by atoms with E-state index in [1.165, 1.54) is 24.0 Å². The van der Waals surface area contributed by atoms with Crippen molar-refractivity contribution in [3.05, 3.63) is 35.4 Å². The minimum atomic E-state index is 0.200. The maximum Gasteiger partial charge on any atom is 0.136 e. The molecule has 0 aromatic heterocycles. The Kier molecular flexibility index (Phi) is 5.24. The lowest BCUT2D eigenvalue weighted by Crippen LogP contribution is -2.26. The first-order valence-electron chi connectivity index (χ1n) is 8.52. The number of Topliss-reactive ketones (excluding diaryl/α,β-unsaturated/α-hetero) is 1. The summed E-state index contributed by atoms with van der Waals surface area (Å²) in [5, 5.41) is 0. The highest BCUT2D eigenvalue weighted by molar-refractivity contribution is 5.82. The Balaban J connectivity index is 2.01. The number of rotatable bonds is 4. The summed E-state index contributed by atoms with van der Waals surface area (Å²) in [6.07, 6.45) is 6.48. The Bertz CT molecular complexity index is 464. The second-order valence-corrected chi connectivity index (χ2v) is 7.74. The van der Waals surface area contributed by atoms with Gasteiger partial charge < -0.3 is 0 Å². The van der Waals surface area contributed by atoms with Gasteiger partial charge in [0, 0.05) is 12.3 Å². The van der Waals surface area contributed by atoms with E-state index < -0.39 is 0 Å². The average molecular weight is 286 g/mol. The predicted molar refractivity (Wildman–Crippen MR) is 89.6 cm³/mol. The van der Waals surface area contributed by atoms with Gasteiger partial charge in [-0.2, -0.15) is 0 Å². The summed E-state index contributed by atoms with van der Waals surface area (Å²) in [6, 6.07) is 8.90. The molecule has 0 amide bonds. The Morgan fingerprint density at radius 1 is 1.14 bits per heavy atom. The van der Waals surface area contributed by atoms with E-state index in [-0.39, 0.29) is 11.3 Å². The van der Waals surface area contributed by atoms with Crippen molar-refractivity contribution in [1.82, 2.24) is 0 Å². The molecule has 1 fully saturated rings.